The number of carbonyl (C=O) groups excluding carboxylic acids is 1. The molecule has 0 aliphatic heterocycles. The van der Waals surface area contributed by atoms with E-state index in [0.717, 1.165) is 15.7 Å². The average Bonchev–Trinajstić information content (AvgIpc) is 3.28. The van der Waals surface area contributed by atoms with Gasteiger partial charge < -0.3 is 4.57 Å². The topological polar surface area (TPSA) is 81.1 Å². The summed E-state index contributed by atoms with van der Waals surface area (Å²) < 4.78 is 69.8. The molecule has 5 aromatic rings. The highest BCUT2D eigenvalue weighted by molar-refractivity contribution is 7.90. The van der Waals surface area contributed by atoms with E-state index in [4.69, 9.17) is 0 Å². The molecule has 10 heteroatoms. The van der Waals surface area contributed by atoms with E-state index in [1.165, 1.54) is 42.5 Å². The third-order valence-electron chi connectivity index (χ3n) is 5.95. The Morgan fingerprint density at radius 2 is 1.42 bits per heavy atom. The fraction of sp³-hybridized carbons (Fsp3) is 0.0714. The van der Waals surface area contributed by atoms with Gasteiger partial charge in [-0.3, -0.25) is 4.79 Å². The first kappa shape index (κ1) is 25.2. The van der Waals surface area contributed by atoms with Crippen molar-refractivity contribution in [2.24, 2.45) is 0 Å². The van der Waals surface area contributed by atoms with Gasteiger partial charge in [-0.25, -0.2) is 18.1 Å². The van der Waals surface area contributed by atoms with Gasteiger partial charge in [0.15, 0.2) is 0 Å². The van der Waals surface area contributed by atoms with Gasteiger partial charge in [0.1, 0.15) is 0 Å². The van der Waals surface area contributed by atoms with Crippen LogP contribution in [-0.4, -0.2) is 23.9 Å². The van der Waals surface area contributed by atoms with Gasteiger partial charge >= 0.3 is 6.18 Å². The standard InChI is InChI=1S/C28H20F3N3O3S/c29-28(30,31)27-32-24-16-15-22(26(35)33-38(36,37)23-9-5-2-6-10-23)17-25(24)34(27)18-19-11-13-21(14-12-19)20-7-3-1-4-8-20/h1-17H,18H2,(H,33,35). The minimum atomic E-state index is -4.75. The van der Waals surface area contributed by atoms with Crippen LogP contribution in [0.2, 0.25) is 0 Å². The van der Waals surface area contributed by atoms with Crippen LogP contribution >= 0.6 is 0 Å². The first-order valence-electron chi connectivity index (χ1n) is 11.5. The van der Waals surface area contributed by atoms with E-state index in [1.807, 2.05) is 47.2 Å². The van der Waals surface area contributed by atoms with Crippen molar-refractivity contribution in [1.82, 2.24) is 14.3 Å². The summed E-state index contributed by atoms with van der Waals surface area (Å²) in [5, 5.41) is 0. The van der Waals surface area contributed by atoms with E-state index in [0.29, 0.717) is 5.56 Å². The zero-order valence-corrected chi connectivity index (χ0v) is 20.5. The molecule has 192 valence electrons. The summed E-state index contributed by atoms with van der Waals surface area (Å²) in [7, 11) is -4.17. The van der Waals surface area contributed by atoms with E-state index in [-0.39, 0.29) is 28.0 Å². The third-order valence-corrected chi connectivity index (χ3v) is 7.29. The summed E-state index contributed by atoms with van der Waals surface area (Å²) >= 11 is 0. The Labute approximate surface area is 216 Å². The lowest BCUT2D eigenvalue weighted by atomic mass is 10.0. The Morgan fingerprint density at radius 3 is 2.05 bits per heavy atom. The Bertz CT molecular complexity index is 1720. The maximum Gasteiger partial charge on any atom is 0.449 e. The second kappa shape index (κ2) is 9.79. The number of aromatic nitrogens is 2. The zero-order valence-electron chi connectivity index (χ0n) is 19.7. The summed E-state index contributed by atoms with van der Waals surface area (Å²) in [4.78, 5) is 16.4. The molecule has 0 spiro atoms. The number of alkyl halides is 3. The molecule has 0 fully saturated rings. The highest BCUT2D eigenvalue weighted by Gasteiger charge is 2.37. The maximum absolute atomic E-state index is 13.9. The number of fused-ring (bicyclic) bond motifs is 1. The zero-order chi connectivity index (χ0) is 26.9. The number of imidazole rings is 1. The number of sulfonamides is 1. The third kappa shape index (κ3) is 5.16. The molecule has 38 heavy (non-hydrogen) atoms. The molecule has 0 saturated heterocycles. The lowest BCUT2D eigenvalue weighted by Gasteiger charge is -2.13. The van der Waals surface area contributed by atoms with Crippen LogP contribution in [0.5, 0.6) is 0 Å². The number of hydrogen-bond donors (Lipinski definition) is 1. The molecule has 0 radical (unpaired) electrons. The number of hydrogen-bond acceptors (Lipinski definition) is 4. The van der Waals surface area contributed by atoms with Crippen LogP contribution in [-0.2, 0) is 22.7 Å². The van der Waals surface area contributed by atoms with Gasteiger partial charge in [-0.05, 0) is 47.0 Å². The monoisotopic (exact) mass is 535 g/mol. The van der Waals surface area contributed by atoms with Crippen molar-refractivity contribution in [3.8, 4) is 11.1 Å². The molecule has 0 bridgehead atoms. The van der Waals surface area contributed by atoms with Crippen molar-refractivity contribution in [2.75, 3.05) is 0 Å². The Kier molecular flexibility index (Phi) is 6.50. The quantitative estimate of drug-likeness (QED) is 0.294. The summed E-state index contributed by atoms with van der Waals surface area (Å²) in [6, 6.07) is 27.7. The number of halogens is 3. The number of carbonyl (C=O) groups is 1. The van der Waals surface area contributed by atoms with E-state index in [2.05, 4.69) is 4.98 Å². The molecule has 1 heterocycles. The predicted molar refractivity (Wildman–Crippen MR) is 137 cm³/mol. The van der Waals surface area contributed by atoms with Gasteiger partial charge in [0, 0.05) is 12.1 Å². The summed E-state index contributed by atoms with van der Waals surface area (Å²) in [6.07, 6.45) is -4.75. The van der Waals surface area contributed by atoms with Crippen LogP contribution in [0.1, 0.15) is 21.7 Å². The molecule has 6 nitrogen and oxygen atoms in total. The molecule has 5 rings (SSSR count). The second-order valence-corrected chi connectivity index (χ2v) is 10.2. The van der Waals surface area contributed by atoms with Gasteiger partial charge in [0.05, 0.1) is 15.9 Å². The van der Waals surface area contributed by atoms with E-state index >= 15 is 0 Å². The minimum Gasteiger partial charge on any atom is -0.316 e. The number of amides is 1. The van der Waals surface area contributed by atoms with Crippen LogP contribution < -0.4 is 4.72 Å². The summed E-state index contributed by atoms with van der Waals surface area (Å²) in [6.45, 7) is -0.159. The van der Waals surface area contributed by atoms with Crippen LogP contribution in [0.25, 0.3) is 22.2 Å². The second-order valence-electron chi connectivity index (χ2n) is 8.53. The van der Waals surface area contributed by atoms with Gasteiger partial charge in [-0.2, -0.15) is 13.2 Å². The lowest BCUT2D eigenvalue weighted by molar-refractivity contribution is -0.146. The van der Waals surface area contributed by atoms with Crippen molar-refractivity contribution in [3.05, 3.63) is 120 Å². The average molecular weight is 536 g/mol. The number of nitrogens with one attached hydrogen (secondary N) is 1. The predicted octanol–water partition coefficient (Wildman–Crippen LogP) is 5.89. The van der Waals surface area contributed by atoms with Crippen LogP contribution in [0.3, 0.4) is 0 Å². The highest BCUT2D eigenvalue weighted by atomic mass is 32.2. The fourth-order valence-electron chi connectivity index (χ4n) is 4.10. The van der Waals surface area contributed by atoms with E-state index in [1.54, 1.807) is 18.2 Å². The molecule has 1 amide bonds. The maximum atomic E-state index is 13.9. The van der Waals surface area contributed by atoms with Crippen LogP contribution in [0, 0.1) is 0 Å². The van der Waals surface area contributed by atoms with Gasteiger partial charge in [-0.15, -0.1) is 0 Å². The summed E-state index contributed by atoms with van der Waals surface area (Å²) in [5.74, 6) is -2.08. The molecule has 1 aromatic heterocycles. The van der Waals surface area contributed by atoms with Crippen LogP contribution in [0.15, 0.2) is 108 Å². The van der Waals surface area contributed by atoms with Crippen molar-refractivity contribution in [2.45, 2.75) is 17.6 Å². The molecule has 0 saturated carbocycles. The lowest BCUT2D eigenvalue weighted by Crippen LogP contribution is -2.30. The fourth-order valence-corrected chi connectivity index (χ4v) is 5.09. The normalized spacial score (nSPS) is 12.0. The number of benzene rings is 4. The van der Waals surface area contributed by atoms with E-state index in [9.17, 15) is 26.4 Å². The largest absolute Gasteiger partial charge is 0.449 e. The first-order valence-corrected chi connectivity index (χ1v) is 12.9. The molecule has 4 aromatic carbocycles. The molecule has 0 atom stereocenters. The van der Waals surface area contributed by atoms with Gasteiger partial charge in [-0.1, -0.05) is 72.8 Å². The minimum absolute atomic E-state index is 0.0284. The highest BCUT2D eigenvalue weighted by Crippen LogP contribution is 2.33. The Morgan fingerprint density at radius 1 is 0.816 bits per heavy atom. The Balaban J connectivity index is 1.49. The van der Waals surface area contributed by atoms with Crippen molar-refractivity contribution in [1.29, 1.82) is 0 Å². The van der Waals surface area contributed by atoms with Crippen molar-refractivity contribution < 1.29 is 26.4 Å². The smallest absolute Gasteiger partial charge is 0.316 e. The molecular formula is C28H20F3N3O3S. The van der Waals surface area contributed by atoms with E-state index < -0.39 is 27.9 Å². The van der Waals surface area contributed by atoms with Crippen molar-refractivity contribution in [3.63, 3.8) is 0 Å². The molecular weight excluding hydrogens is 515 g/mol. The molecule has 0 aliphatic carbocycles. The van der Waals surface area contributed by atoms with Crippen LogP contribution in [0.4, 0.5) is 13.2 Å². The summed E-state index contributed by atoms with van der Waals surface area (Å²) in [5.41, 5.74) is 2.45. The molecule has 0 aliphatic rings. The van der Waals surface area contributed by atoms with Gasteiger partial charge in [0.25, 0.3) is 15.9 Å². The van der Waals surface area contributed by atoms with Gasteiger partial charge in [0.2, 0.25) is 5.82 Å². The first-order chi connectivity index (χ1) is 18.1. The Hall–Kier alpha value is -4.44. The number of nitrogens with zero attached hydrogens (tertiary/aromatic N) is 2. The number of rotatable bonds is 6. The molecule has 0 unspecified atom stereocenters. The van der Waals surface area contributed by atoms with Crippen molar-refractivity contribution >= 4 is 27.0 Å². The SMILES string of the molecule is O=C(NS(=O)(=O)c1ccccc1)c1ccc2nc(C(F)(F)F)n(Cc3ccc(-c4ccccc4)cc3)c2c1. The molecule has 1 N–H and O–H groups in total.